The number of ether oxygens (including phenoxy) is 2. The largest absolute Gasteiger partial charge is 0.493 e. The smallest absolute Gasteiger partial charge is 0.287 e. The molecule has 0 fully saturated rings. The number of fused-ring (bicyclic) bond motifs is 1. The average Bonchev–Trinajstić information content (AvgIpc) is 3.20. The minimum Gasteiger partial charge on any atom is -0.493 e. The Bertz CT molecular complexity index is 757. The maximum atomic E-state index is 12.4. The summed E-state index contributed by atoms with van der Waals surface area (Å²) in [5, 5.41) is 3.08. The molecule has 2 heterocycles. The van der Waals surface area contributed by atoms with Crippen LogP contribution in [0, 0.1) is 0 Å². The van der Waals surface area contributed by atoms with Crippen LogP contribution in [0.1, 0.15) is 41.6 Å². The molecule has 1 aliphatic heterocycles. The number of hydrogen-bond acceptors (Lipinski definition) is 5. The topological polar surface area (TPSA) is 63.9 Å². The average molecular weight is 358 g/mol. The van der Waals surface area contributed by atoms with E-state index >= 15 is 0 Å². The molecule has 0 bridgehead atoms. The van der Waals surface area contributed by atoms with Crippen LogP contribution in [0.5, 0.6) is 11.5 Å². The number of hydrogen-bond donors (Lipinski definition) is 1. The predicted octanol–water partition coefficient (Wildman–Crippen LogP) is 3.03. The second-order valence-corrected chi connectivity index (χ2v) is 6.47. The summed E-state index contributed by atoms with van der Waals surface area (Å²) in [5.41, 5.74) is 2.40. The first-order valence-electron chi connectivity index (χ1n) is 8.92. The number of methoxy groups -OCH3 is 2. The van der Waals surface area contributed by atoms with Gasteiger partial charge in [-0.1, -0.05) is 6.92 Å². The van der Waals surface area contributed by atoms with E-state index in [0.717, 1.165) is 25.3 Å². The van der Waals surface area contributed by atoms with E-state index in [4.69, 9.17) is 13.9 Å². The van der Waals surface area contributed by atoms with Crippen molar-refractivity contribution < 1.29 is 18.7 Å². The number of amides is 1. The predicted molar refractivity (Wildman–Crippen MR) is 98.9 cm³/mol. The summed E-state index contributed by atoms with van der Waals surface area (Å²) in [7, 11) is 3.29. The lowest BCUT2D eigenvalue weighted by Crippen LogP contribution is -2.47. The van der Waals surface area contributed by atoms with Crippen molar-refractivity contribution in [2.24, 2.45) is 0 Å². The maximum absolute atomic E-state index is 12.4. The Morgan fingerprint density at radius 1 is 1.35 bits per heavy atom. The summed E-state index contributed by atoms with van der Waals surface area (Å²) in [6.07, 6.45) is 2.45. The molecule has 0 spiro atoms. The first kappa shape index (κ1) is 18.3. The molecule has 2 atom stereocenters. The van der Waals surface area contributed by atoms with Gasteiger partial charge in [-0.25, -0.2) is 0 Å². The van der Waals surface area contributed by atoms with Crippen molar-refractivity contribution in [3.05, 3.63) is 47.4 Å². The highest BCUT2D eigenvalue weighted by atomic mass is 16.5. The fraction of sp³-hybridized carbons (Fsp3) is 0.450. The first-order valence-corrected chi connectivity index (χ1v) is 8.92. The summed E-state index contributed by atoms with van der Waals surface area (Å²) in [6, 6.07) is 7.44. The van der Waals surface area contributed by atoms with Gasteiger partial charge in [0.1, 0.15) is 0 Å². The molecule has 26 heavy (non-hydrogen) atoms. The zero-order valence-electron chi connectivity index (χ0n) is 15.7. The van der Waals surface area contributed by atoms with E-state index in [1.165, 1.54) is 17.4 Å². The minimum atomic E-state index is -0.203. The number of nitrogens with zero attached hydrogens (tertiary/aromatic N) is 1. The molecular weight excluding hydrogens is 332 g/mol. The van der Waals surface area contributed by atoms with Crippen molar-refractivity contribution in [1.29, 1.82) is 0 Å². The lowest BCUT2D eigenvalue weighted by Gasteiger charge is -2.40. The van der Waals surface area contributed by atoms with Crippen LogP contribution >= 0.6 is 0 Å². The van der Waals surface area contributed by atoms with Gasteiger partial charge < -0.3 is 19.2 Å². The van der Waals surface area contributed by atoms with Crippen LogP contribution in [0.4, 0.5) is 0 Å². The van der Waals surface area contributed by atoms with Crippen molar-refractivity contribution in [3.8, 4) is 11.5 Å². The Kier molecular flexibility index (Phi) is 5.52. The van der Waals surface area contributed by atoms with Crippen molar-refractivity contribution in [1.82, 2.24) is 10.2 Å². The van der Waals surface area contributed by atoms with E-state index in [-0.39, 0.29) is 18.0 Å². The molecule has 0 saturated carbocycles. The fourth-order valence-electron chi connectivity index (χ4n) is 3.73. The molecule has 0 unspecified atom stereocenters. The van der Waals surface area contributed by atoms with Crippen molar-refractivity contribution in [3.63, 3.8) is 0 Å². The lowest BCUT2D eigenvalue weighted by atomic mass is 9.88. The summed E-state index contributed by atoms with van der Waals surface area (Å²) in [4.78, 5) is 14.8. The third kappa shape index (κ3) is 3.42. The molecule has 2 aromatic rings. The van der Waals surface area contributed by atoms with Gasteiger partial charge in [0, 0.05) is 12.6 Å². The van der Waals surface area contributed by atoms with Gasteiger partial charge in [-0.15, -0.1) is 0 Å². The normalized spacial score (nSPS) is 18.1. The Morgan fingerprint density at radius 3 is 2.69 bits per heavy atom. The van der Waals surface area contributed by atoms with Crippen LogP contribution in [0.3, 0.4) is 0 Å². The van der Waals surface area contributed by atoms with Crippen LogP contribution in [0.2, 0.25) is 0 Å². The molecule has 1 N–H and O–H groups in total. The van der Waals surface area contributed by atoms with Crippen LogP contribution < -0.4 is 14.8 Å². The highest BCUT2D eigenvalue weighted by Crippen LogP contribution is 2.39. The number of likely N-dealkylation sites (N-methyl/N-ethyl adjacent to an activating group) is 1. The number of nitrogens with one attached hydrogen (secondary N) is 1. The molecule has 1 amide bonds. The number of rotatable bonds is 6. The monoisotopic (exact) mass is 358 g/mol. The molecule has 1 aromatic carbocycles. The standard InChI is InChI=1S/C20H26N2O4/c1-5-22-9-8-14-11-17(24-3)18(25-4)12-15(14)19(22)13(2)21-20(23)16-7-6-10-26-16/h6-7,10-13,19H,5,8-9H2,1-4H3,(H,21,23)/t13-,19+/m1/s1. The van der Waals surface area contributed by atoms with Crippen LogP contribution in [0.25, 0.3) is 0 Å². The Labute approximate surface area is 154 Å². The third-order valence-corrected chi connectivity index (χ3v) is 5.01. The highest BCUT2D eigenvalue weighted by molar-refractivity contribution is 5.91. The van der Waals surface area contributed by atoms with Crippen molar-refractivity contribution in [2.45, 2.75) is 32.4 Å². The number of furan rings is 1. The zero-order chi connectivity index (χ0) is 18.7. The number of benzene rings is 1. The van der Waals surface area contributed by atoms with E-state index in [9.17, 15) is 4.79 Å². The minimum absolute atomic E-state index is 0.0578. The van der Waals surface area contributed by atoms with Gasteiger partial charge in [0.05, 0.1) is 26.5 Å². The molecular formula is C20H26N2O4. The number of carbonyl (C=O) groups is 1. The van der Waals surface area contributed by atoms with Gasteiger partial charge >= 0.3 is 0 Å². The highest BCUT2D eigenvalue weighted by Gasteiger charge is 2.33. The molecule has 0 saturated heterocycles. The molecule has 0 aliphatic carbocycles. The molecule has 140 valence electrons. The van der Waals surface area contributed by atoms with Gasteiger partial charge in [-0.3, -0.25) is 9.69 Å². The van der Waals surface area contributed by atoms with Crippen molar-refractivity contribution >= 4 is 5.91 Å². The molecule has 6 heteroatoms. The first-order chi connectivity index (χ1) is 12.6. The Morgan fingerprint density at radius 2 is 2.08 bits per heavy atom. The van der Waals surface area contributed by atoms with Crippen LogP contribution in [-0.4, -0.2) is 44.2 Å². The maximum Gasteiger partial charge on any atom is 0.287 e. The van der Waals surface area contributed by atoms with Gasteiger partial charge in [-0.05, 0) is 55.3 Å². The molecule has 6 nitrogen and oxygen atoms in total. The molecule has 1 aromatic heterocycles. The van der Waals surface area contributed by atoms with Gasteiger partial charge in [-0.2, -0.15) is 0 Å². The molecule has 0 radical (unpaired) electrons. The zero-order valence-corrected chi connectivity index (χ0v) is 15.7. The summed E-state index contributed by atoms with van der Waals surface area (Å²) in [5.74, 6) is 1.57. The van der Waals surface area contributed by atoms with E-state index in [2.05, 4.69) is 23.2 Å². The second-order valence-electron chi connectivity index (χ2n) is 6.47. The van der Waals surface area contributed by atoms with Crippen LogP contribution in [0.15, 0.2) is 34.9 Å². The lowest BCUT2D eigenvalue weighted by molar-refractivity contribution is 0.0862. The SMILES string of the molecule is CCN1CCc2cc(OC)c(OC)cc2[C@@H]1[C@@H](C)NC(=O)c1ccco1. The quantitative estimate of drug-likeness (QED) is 0.860. The number of carbonyl (C=O) groups excluding carboxylic acids is 1. The summed E-state index contributed by atoms with van der Waals surface area (Å²) in [6.45, 7) is 6.00. The summed E-state index contributed by atoms with van der Waals surface area (Å²) >= 11 is 0. The fourth-order valence-corrected chi connectivity index (χ4v) is 3.73. The van der Waals surface area contributed by atoms with Gasteiger partial charge in [0.25, 0.3) is 5.91 Å². The van der Waals surface area contributed by atoms with Crippen LogP contribution in [-0.2, 0) is 6.42 Å². The van der Waals surface area contributed by atoms with Crippen molar-refractivity contribution in [2.75, 3.05) is 27.3 Å². The van der Waals surface area contributed by atoms with E-state index in [0.29, 0.717) is 11.5 Å². The van der Waals surface area contributed by atoms with E-state index < -0.39 is 0 Å². The Hall–Kier alpha value is -2.47. The Balaban J connectivity index is 1.92. The van der Waals surface area contributed by atoms with Gasteiger partial charge in [0.2, 0.25) is 0 Å². The second kappa shape index (κ2) is 7.83. The van der Waals surface area contributed by atoms with E-state index in [1.54, 1.807) is 26.4 Å². The third-order valence-electron chi connectivity index (χ3n) is 5.01. The van der Waals surface area contributed by atoms with E-state index in [1.807, 2.05) is 13.0 Å². The molecule has 3 rings (SSSR count). The molecule has 1 aliphatic rings. The summed E-state index contributed by atoms with van der Waals surface area (Å²) < 4.78 is 16.1. The van der Waals surface area contributed by atoms with Gasteiger partial charge in [0.15, 0.2) is 17.3 Å².